The van der Waals surface area contributed by atoms with Crippen LogP contribution < -0.4 is 34.7 Å². The average molecular weight is 192 g/mol. The molecular formula is C9H13NaO3. The molecule has 2 fully saturated rings. The van der Waals surface area contributed by atoms with Gasteiger partial charge in [0, 0.05) is 0 Å². The van der Waals surface area contributed by atoms with Gasteiger partial charge in [-0.15, -0.1) is 0 Å². The number of hydrogen-bond donors (Lipinski definition) is 0. The number of aliphatic carboxylic acids is 1. The number of carboxylic acids is 1. The summed E-state index contributed by atoms with van der Waals surface area (Å²) in [6.45, 7) is 1.63. The topological polar surface area (TPSA) is 52.7 Å². The van der Waals surface area contributed by atoms with Crippen LogP contribution >= 0.6 is 0 Å². The molecule has 13 heavy (non-hydrogen) atoms. The molecule has 1 atom stereocenters. The molecule has 0 aromatic carbocycles. The van der Waals surface area contributed by atoms with E-state index < -0.39 is 11.6 Å². The zero-order valence-electron chi connectivity index (χ0n) is 8.26. The minimum atomic E-state index is -1.05. The van der Waals surface area contributed by atoms with Gasteiger partial charge in [-0.25, -0.2) is 0 Å². The van der Waals surface area contributed by atoms with Gasteiger partial charge in [0.05, 0.1) is 5.97 Å². The molecule has 0 aromatic heterocycles. The Labute approximate surface area is 100 Å². The van der Waals surface area contributed by atoms with Crippen molar-refractivity contribution in [3.05, 3.63) is 0 Å². The van der Waals surface area contributed by atoms with Gasteiger partial charge in [0.25, 0.3) is 0 Å². The summed E-state index contributed by atoms with van der Waals surface area (Å²) in [5, 5.41) is 10.7. The molecule has 0 amide bonds. The van der Waals surface area contributed by atoms with Gasteiger partial charge in [0.2, 0.25) is 0 Å². The first-order chi connectivity index (χ1) is 5.61. The molecule has 2 aliphatic rings. The quantitative estimate of drug-likeness (QED) is 0.334. The zero-order valence-corrected chi connectivity index (χ0v) is 10.3. The monoisotopic (exact) mass is 192 g/mol. The van der Waals surface area contributed by atoms with Crippen molar-refractivity contribution in [1.29, 1.82) is 0 Å². The summed E-state index contributed by atoms with van der Waals surface area (Å²) in [5.41, 5.74) is -1.34. The second kappa shape index (κ2) is 3.54. The van der Waals surface area contributed by atoms with E-state index in [-0.39, 0.29) is 35.2 Å². The van der Waals surface area contributed by atoms with Gasteiger partial charge >= 0.3 is 29.6 Å². The largest absolute Gasteiger partial charge is 1.00 e. The number of ether oxygens (including phenoxy) is 1. The van der Waals surface area contributed by atoms with Crippen molar-refractivity contribution in [2.45, 2.75) is 50.2 Å². The molecule has 4 heteroatoms. The third-order valence-corrected chi connectivity index (χ3v) is 3.28. The summed E-state index contributed by atoms with van der Waals surface area (Å²) in [5.74, 6) is -1.05. The van der Waals surface area contributed by atoms with Crippen LogP contribution in [0.5, 0.6) is 0 Å². The van der Waals surface area contributed by atoms with Crippen molar-refractivity contribution in [1.82, 2.24) is 0 Å². The minimum Gasteiger partial charge on any atom is -0.547 e. The molecule has 1 aliphatic carbocycles. The van der Waals surface area contributed by atoms with E-state index >= 15 is 0 Å². The summed E-state index contributed by atoms with van der Waals surface area (Å²) in [7, 11) is 0. The normalized spacial score (nSPS) is 35.2. The average Bonchev–Trinajstić information content (AvgIpc) is 2.59. The van der Waals surface area contributed by atoms with Gasteiger partial charge < -0.3 is 14.6 Å². The molecule has 0 N–H and O–H groups in total. The molecular weight excluding hydrogens is 179 g/mol. The summed E-state index contributed by atoms with van der Waals surface area (Å²) >= 11 is 0. The van der Waals surface area contributed by atoms with E-state index in [2.05, 4.69) is 0 Å². The summed E-state index contributed by atoms with van der Waals surface area (Å²) < 4.78 is 5.33. The summed E-state index contributed by atoms with van der Waals surface area (Å²) in [4.78, 5) is 10.7. The van der Waals surface area contributed by atoms with Crippen LogP contribution in [-0.2, 0) is 9.53 Å². The van der Waals surface area contributed by atoms with Crippen LogP contribution in [0.3, 0.4) is 0 Å². The predicted octanol–water partition coefficient (Wildman–Crippen LogP) is -2.77. The van der Waals surface area contributed by atoms with Gasteiger partial charge in [0.15, 0.2) is 0 Å². The van der Waals surface area contributed by atoms with Crippen LogP contribution in [0.1, 0.15) is 39.0 Å². The molecule has 0 bridgehead atoms. The Morgan fingerprint density at radius 3 is 2.23 bits per heavy atom. The van der Waals surface area contributed by atoms with E-state index in [4.69, 9.17) is 4.74 Å². The number of epoxide rings is 1. The standard InChI is InChI=1S/C9H14O3.Na/c1-8(7(10)11)9(12-8)5-3-2-4-6-9;/h2-6H2,1H3,(H,10,11);/q;+1/p-1. The number of carbonyl (C=O) groups is 1. The van der Waals surface area contributed by atoms with E-state index in [0.717, 1.165) is 25.7 Å². The van der Waals surface area contributed by atoms with E-state index in [1.807, 2.05) is 0 Å². The third kappa shape index (κ3) is 1.56. The van der Waals surface area contributed by atoms with Crippen LogP contribution in [0.4, 0.5) is 0 Å². The fourth-order valence-corrected chi connectivity index (χ4v) is 2.29. The molecule has 1 unspecified atom stereocenters. The van der Waals surface area contributed by atoms with Crippen LogP contribution in [-0.4, -0.2) is 17.2 Å². The maximum atomic E-state index is 10.7. The third-order valence-electron chi connectivity index (χ3n) is 3.28. The number of rotatable bonds is 1. The Morgan fingerprint density at radius 2 is 1.85 bits per heavy atom. The van der Waals surface area contributed by atoms with Gasteiger partial charge in [-0.2, -0.15) is 0 Å². The fraction of sp³-hybridized carbons (Fsp3) is 0.889. The zero-order chi connectivity index (χ0) is 8.82. The van der Waals surface area contributed by atoms with Crippen LogP contribution in [0.15, 0.2) is 0 Å². The van der Waals surface area contributed by atoms with Crippen LogP contribution in [0.25, 0.3) is 0 Å². The molecule has 1 spiro atoms. The SMILES string of the molecule is CC1(C(=O)[O-])OC12CCCCC2.[Na+]. The second-order valence-corrected chi connectivity index (χ2v) is 3.98. The molecule has 3 nitrogen and oxygen atoms in total. The molecule has 1 heterocycles. The predicted molar refractivity (Wildman–Crippen MR) is 40.3 cm³/mol. The molecule has 1 saturated carbocycles. The number of carbonyl (C=O) groups excluding carboxylic acids is 1. The number of hydrogen-bond acceptors (Lipinski definition) is 3. The molecule has 0 aromatic rings. The van der Waals surface area contributed by atoms with Crippen molar-refractivity contribution in [2.75, 3.05) is 0 Å². The summed E-state index contributed by atoms with van der Waals surface area (Å²) in [6.07, 6.45) is 5.15. The van der Waals surface area contributed by atoms with Crippen molar-refractivity contribution in [3.8, 4) is 0 Å². The van der Waals surface area contributed by atoms with Crippen molar-refractivity contribution >= 4 is 5.97 Å². The van der Waals surface area contributed by atoms with E-state index in [9.17, 15) is 9.90 Å². The Kier molecular flexibility index (Phi) is 3.13. The second-order valence-electron chi connectivity index (χ2n) is 3.98. The Hall–Kier alpha value is 0.430. The van der Waals surface area contributed by atoms with E-state index in [1.165, 1.54) is 6.42 Å². The van der Waals surface area contributed by atoms with E-state index in [0.29, 0.717) is 0 Å². The first-order valence-electron chi connectivity index (χ1n) is 4.52. The molecule has 1 aliphatic heterocycles. The molecule has 0 radical (unpaired) electrons. The van der Waals surface area contributed by atoms with Gasteiger partial charge in [-0.3, -0.25) is 0 Å². The van der Waals surface area contributed by atoms with Gasteiger partial charge in [-0.05, 0) is 19.8 Å². The van der Waals surface area contributed by atoms with Crippen molar-refractivity contribution in [2.24, 2.45) is 0 Å². The van der Waals surface area contributed by atoms with Crippen molar-refractivity contribution < 1.29 is 44.2 Å². The van der Waals surface area contributed by atoms with Gasteiger partial charge in [-0.1, -0.05) is 19.3 Å². The smallest absolute Gasteiger partial charge is 0.547 e. The van der Waals surface area contributed by atoms with Crippen LogP contribution in [0, 0.1) is 0 Å². The minimum absolute atomic E-state index is 0. The molecule has 1 saturated heterocycles. The number of carboxylic acid groups (broad SMARTS) is 1. The Bertz CT molecular complexity index is 223. The van der Waals surface area contributed by atoms with Crippen LogP contribution in [0.2, 0.25) is 0 Å². The van der Waals surface area contributed by atoms with Gasteiger partial charge in [0.1, 0.15) is 11.2 Å². The first kappa shape index (κ1) is 11.5. The van der Waals surface area contributed by atoms with E-state index in [1.54, 1.807) is 6.92 Å². The fourth-order valence-electron chi connectivity index (χ4n) is 2.29. The molecule has 2 rings (SSSR count). The van der Waals surface area contributed by atoms with Crippen molar-refractivity contribution in [3.63, 3.8) is 0 Å². The molecule has 68 valence electrons. The maximum Gasteiger partial charge on any atom is 1.00 e. The Balaban J connectivity index is 0.000000845. The maximum absolute atomic E-state index is 10.7. The Morgan fingerprint density at radius 1 is 1.31 bits per heavy atom. The first-order valence-corrected chi connectivity index (χ1v) is 4.52. The summed E-state index contributed by atoms with van der Waals surface area (Å²) in [6, 6.07) is 0.